The zero-order chi connectivity index (χ0) is 14.4. The topological polar surface area (TPSA) is 41.5 Å². The van der Waals surface area contributed by atoms with Crippen LogP contribution in [0.1, 0.15) is 45.1 Å². The monoisotopic (exact) mass is 277 g/mol. The number of nitrogens with one attached hydrogen (secondary N) is 1. The SMILES string of the molecule is CC(C)NC(CO)(CCOC1CCC1)c1ccccc1. The Hall–Kier alpha value is -0.900. The molecule has 0 saturated heterocycles. The molecule has 0 amide bonds. The number of hydrogen-bond donors (Lipinski definition) is 2. The van der Waals surface area contributed by atoms with Gasteiger partial charge >= 0.3 is 0 Å². The summed E-state index contributed by atoms with van der Waals surface area (Å²) in [4.78, 5) is 0. The fourth-order valence-electron chi connectivity index (χ4n) is 2.76. The second kappa shape index (κ2) is 7.21. The molecule has 2 N–H and O–H groups in total. The summed E-state index contributed by atoms with van der Waals surface area (Å²) in [6, 6.07) is 10.5. The maximum atomic E-state index is 10.00. The molecule has 112 valence electrons. The molecule has 1 aromatic rings. The lowest BCUT2D eigenvalue weighted by atomic mass is 9.86. The minimum atomic E-state index is -0.404. The zero-order valence-electron chi connectivity index (χ0n) is 12.6. The van der Waals surface area contributed by atoms with Crippen LogP contribution in [-0.2, 0) is 10.3 Å². The van der Waals surface area contributed by atoms with Crippen molar-refractivity contribution < 1.29 is 9.84 Å². The van der Waals surface area contributed by atoms with Gasteiger partial charge in [0.1, 0.15) is 0 Å². The Kier molecular flexibility index (Phi) is 5.58. The van der Waals surface area contributed by atoms with Crippen LogP contribution in [0.4, 0.5) is 0 Å². The van der Waals surface area contributed by atoms with Crippen molar-refractivity contribution in [3.8, 4) is 0 Å². The van der Waals surface area contributed by atoms with E-state index in [0.717, 1.165) is 12.0 Å². The number of ether oxygens (including phenoxy) is 1. The first-order chi connectivity index (χ1) is 9.66. The predicted molar refractivity (Wildman–Crippen MR) is 81.7 cm³/mol. The highest BCUT2D eigenvalue weighted by molar-refractivity contribution is 5.25. The molecule has 0 bridgehead atoms. The van der Waals surface area contributed by atoms with E-state index in [1.165, 1.54) is 19.3 Å². The van der Waals surface area contributed by atoms with E-state index >= 15 is 0 Å². The smallest absolute Gasteiger partial charge is 0.0693 e. The molecule has 0 aromatic heterocycles. The molecule has 0 radical (unpaired) electrons. The van der Waals surface area contributed by atoms with Crippen LogP contribution in [0.2, 0.25) is 0 Å². The average molecular weight is 277 g/mol. The summed E-state index contributed by atoms with van der Waals surface area (Å²) in [5, 5.41) is 13.5. The summed E-state index contributed by atoms with van der Waals surface area (Å²) < 4.78 is 5.89. The molecule has 1 aromatic carbocycles. The molecule has 20 heavy (non-hydrogen) atoms. The highest BCUT2D eigenvalue weighted by Crippen LogP contribution is 2.28. The first kappa shape index (κ1) is 15.5. The summed E-state index contributed by atoms with van der Waals surface area (Å²) in [6.45, 7) is 5.00. The van der Waals surface area contributed by atoms with E-state index in [-0.39, 0.29) is 6.61 Å². The van der Waals surface area contributed by atoms with E-state index in [9.17, 15) is 5.11 Å². The largest absolute Gasteiger partial charge is 0.394 e. The van der Waals surface area contributed by atoms with Gasteiger partial charge < -0.3 is 15.2 Å². The van der Waals surface area contributed by atoms with Gasteiger partial charge in [0, 0.05) is 12.6 Å². The minimum absolute atomic E-state index is 0.0865. The highest BCUT2D eigenvalue weighted by atomic mass is 16.5. The predicted octanol–water partition coefficient (Wildman–Crippen LogP) is 2.83. The van der Waals surface area contributed by atoms with Crippen molar-refractivity contribution in [1.82, 2.24) is 5.32 Å². The Morgan fingerprint density at radius 1 is 1.30 bits per heavy atom. The molecule has 1 unspecified atom stereocenters. The van der Waals surface area contributed by atoms with E-state index in [1.54, 1.807) is 0 Å². The van der Waals surface area contributed by atoms with E-state index in [1.807, 2.05) is 18.2 Å². The normalized spacial score (nSPS) is 18.8. The minimum Gasteiger partial charge on any atom is -0.394 e. The van der Waals surface area contributed by atoms with Crippen LogP contribution < -0.4 is 5.32 Å². The molecule has 2 rings (SSSR count). The van der Waals surface area contributed by atoms with Crippen LogP contribution in [0, 0.1) is 0 Å². The molecule has 1 saturated carbocycles. The van der Waals surface area contributed by atoms with E-state index in [4.69, 9.17) is 4.74 Å². The van der Waals surface area contributed by atoms with Crippen molar-refractivity contribution in [2.45, 2.75) is 57.2 Å². The van der Waals surface area contributed by atoms with Crippen molar-refractivity contribution >= 4 is 0 Å². The Morgan fingerprint density at radius 2 is 2.00 bits per heavy atom. The number of aliphatic hydroxyl groups is 1. The standard InChI is InChI=1S/C17H27NO2/c1-14(2)18-17(13-19,15-7-4-3-5-8-15)11-12-20-16-9-6-10-16/h3-5,7-8,14,16,18-19H,6,9-13H2,1-2H3. The first-order valence-corrected chi connectivity index (χ1v) is 7.72. The van der Waals surface area contributed by atoms with E-state index in [0.29, 0.717) is 18.8 Å². The summed E-state index contributed by atoms with van der Waals surface area (Å²) >= 11 is 0. The van der Waals surface area contributed by atoms with Crippen LogP contribution in [-0.4, -0.2) is 30.5 Å². The Balaban J connectivity index is 2.05. The molecule has 1 atom stereocenters. The van der Waals surface area contributed by atoms with Crippen LogP contribution in [0.5, 0.6) is 0 Å². The summed E-state index contributed by atoms with van der Waals surface area (Å²) in [6.07, 6.45) is 4.91. The van der Waals surface area contributed by atoms with Crippen LogP contribution >= 0.6 is 0 Å². The molecule has 3 heteroatoms. The second-order valence-electron chi connectivity index (χ2n) is 6.08. The molecule has 0 heterocycles. The quantitative estimate of drug-likeness (QED) is 0.768. The molecule has 1 fully saturated rings. The fourth-order valence-corrected chi connectivity index (χ4v) is 2.76. The van der Waals surface area contributed by atoms with Crippen molar-refractivity contribution in [3.63, 3.8) is 0 Å². The number of hydrogen-bond acceptors (Lipinski definition) is 3. The third-order valence-electron chi connectivity index (χ3n) is 4.10. The average Bonchev–Trinajstić information content (AvgIpc) is 2.41. The van der Waals surface area contributed by atoms with Gasteiger partial charge in [0.2, 0.25) is 0 Å². The summed E-state index contributed by atoms with van der Waals surface area (Å²) in [7, 11) is 0. The first-order valence-electron chi connectivity index (χ1n) is 7.72. The van der Waals surface area contributed by atoms with Crippen molar-refractivity contribution in [2.75, 3.05) is 13.2 Å². The maximum Gasteiger partial charge on any atom is 0.0693 e. The van der Waals surface area contributed by atoms with Gasteiger partial charge in [-0.1, -0.05) is 30.3 Å². The number of rotatable bonds is 8. The van der Waals surface area contributed by atoms with Gasteiger partial charge in [-0.25, -0.2) is 0 Å². The van der Waals surface area contributed by atoms with Crippen LogP contribution in [0.3, 0.4) is 0 Å². The summed E-state index contributed by atoms with van der Waals surface area (Å²) in [5.41, 5.74) is 0.729. The zero-order valence-corrected chi connectivity index (χ0v) is 12.6. The van der Waals surface area contributed by atoms with Gasteiger partial charge in [0.05, 0.1) is 18.2 Å². The van der Waals surface area contributed by atoms with Crippen molar-refractivity contribution in [1.29, 1.82) is 0 Å². The molecule has 1 aliphatic carbocycles. The Morgan fingerprint density at radius 3 is 2.50 bits per heavy atom. The van der Waals surface area contributed by atoms with Gasteiger partial charge in [-0.05, 0) is 45.1 Å². The molecular formula is C17H27NO2. The fraction of sp³-hybridized carbons (Fsp3) is 0.647. The van der Waals surface area contributed by atoms with Gasteiger partial charge in [-0.15, -0.1) is 0 Å². The van der Waals surface area contributed by atoms with Crippen LogP contribution in [0.25, 0.3) is 0 Å². The van der Waals surface area contributed by atoms with Crippen LogP contribution in [0.15, 0.2) is 30.3 Å². The third kappa shape index (κ3) is 3.81. The van der Waals surface area contributed by atoms with Crippen molar-refractivity contribution in [2.24, 2.45) is 0 Å². The lowest BCUT2D eigenvalue weighted by Gasteiger charge is -2.37. The lowest BCUT2D eigenvalue weighted by Crippen LogP contribution is -2.49. The molecular weight excluding hydrogens is 250 g/mol. The Labute approximate surface area is 122 Å². The lowest BCUT2D eigenvalue weighted by molar-refractivity contribution is -0.0145. The number of aliphatic hydroxyl groups excluding tert-OH is 1. The Bertz CT molecular complexity index is 389. The van der Waals surface area contributed by atoms with Gasteiger partial charge in [-0.3, -0.25) is 0 Å². The maximum absolute atomic E-state index is 10.00. The highest BCUT2D eigenvalue weighted by Gasteiger charge is 2.32. The van der Waals surface area contributed by atoms with Gasteiger partial charge in [0.15, 0.2) is 0 Å². The van der Waals surface area contributed by atoms with Crippen molar-refractivity contribution in [3.05, 3.63) is 35.9 Å². The van der Waals surface area contributed by atoms with E-state index in [2.05, 4.69) is 31.3 Å². The molecule has 1 aliphatic rings. The molecule has 0 spiro atoms. The van der Waals surface area contributed by atoms with Gasteiger partial charge in [0.25, 0.3) is 0 Å². The number of benzene rings is 1. The van der Waals surface area contributed by atoms with E-state index < -0.39 is 5.54 Å². The molecule has 0 aliphatic heterocycles. The molecule has 3 nitrogen and oxygen atoms in total. The third-order valence-corrected chi connectivity index (χ3v) is 4.10. The summed E-state index contributed by atoms with van der Waals surface area (Å²) in [5.74, 6) is 0. The van der Waals surface area contributed by atoms with Gasteiger partial charge in [-0.2, -0.15) is 0 Å². The second-order valence-corrected chi connectivity index (χ2v) is 6.08.